The van der Waals surface area contributed by atoms with Gasteiger partial charge in [-0.15, -0.1) is 0 Å². The smallest absolute Gasteiger partial charge is 0.194 e. The summed E-state index contributed by atoms with van der Waals surface area (Å²) < 4.78 is 52.6. The number of hydrogen-bond acceptors (Lipinski definition) is 1. The fraction of sp³-hybridized carbons (Fsp3) is 0.143. The minimum Gasteiger partial charge on any atom is -0.320 e. The molecule has 0 aromatic heterocycles. The average Bonchev–Trinajstić information content (AvgIpc) is 2.38. The Balaban J connectivity index is 2.51. The first-order valence-corrected chi connectivity index (χ1v) is 6.04. The zero-order chi connectivity index (χ0) is 15.0. The number of rotatable bonds is 2. The zero-order valence-corrected chi connectivity index (χ0v) is 11.1. The lowest BCUT2D eigenvalue weighted by atomic mass is 9.97. The SMILES string of the molecule is Cc1cc(C(N)c2cc(F)c(F)c(F)c2)c(Cl)cc1F. The van der Waals surface area contributed by atoms with E-state index in [1.165, 1.54) is 13.0 Å². The van der Waals surface area contributed by atoms with E-state index in [2.05, 4.69) is 0 Å². The molecule has 6 heteroatoms. The van der Waals surface area contributed by atoms with Crippen molar-refractivity contribution in [3.63, 3.8) is 0 Å². The van der Waals surface area contributed by atoms with Gasteiger partial charge in [0.2, 0.25) is 0 Å². The second-order valence-corrected chi connectivity index (χ2v) is 4.81. The monoisotopic (exact) mass is 303 g/mol. The summed E-state index contributed by atoms with van der Waals surface area (Å²) in [5.74, 6) is -4.76. The molecule has 2 aromatic rings. The highest BCUT2D eigenvalue weighted by Crippen LogP contribution is 2.30. The van der Waals surface area contributed by atoms with Crippen molar-refractivity contribution in [2.24, 2.45) is 5.73 Å². The van der Waals surface area contributed by atoms with Crippen molar-refractivity contribution < 1.29 is 17.6 Å². The number of hydrogen-bond donors (Lipinski definition) is 1. The van der Waals surface area contributed by atoms with Gasteiger partial charge in [-0.05, 0) is 47.9 Å². The molecule has 2 aromatic carbocycles. The van der Waals surface area contributed by atoms with Crippen LogP contribution in [0.4, 0.5) is 17.6 Å². The minimum atomic E-state index is -1.57. The summed E-state index contributed by atoms with van der Waals surface area (Å²) in [6.45, 7) is 1.51. The molecule has 1 atom stereocenters. The summed E-state index contributed by atoms with van der Waals surface area (Å²) >= 11 is 5.88. The molecule has 106 valence electrons. The summed E-state index contributed by atoms with van der Waals surface area (Å²) in [5, 5.41) is 0.0331. The first-order chi connectivity index (χ1) is 9.31. The van der Waals surface area contributed by atoms with Crippen LogP contribution >= 0.6 is 11.6 Å². The molecular formula is C14H10ClF4N. The predicted molar refractivity (Wildman–Crippen MR) is 68.5 cm³/mol. The van der Waals surface area contributed by atoms with Crippen LogP contribution in [0.1, 0.15) is 22.7 Å². The fourth-order valence-electron chi connectivity index (χ4n) is 1.85. The standard InChI is InChI=1S/C14H10ClF4N/c1-6-2-8(9(15)5-10(6)16)14(20)7-3-11(17)13(19)12(18)4-7/h2-5,14H,20H2,1H3. The highest BCUT2D eigenvalue weighted by molar-refractivity contribution is 6.31. The molecule has 1 unspecified atom stereocenters. The highest BCUT2D eigenvalue weighted by Gasteiger charge is 2.19. The molecule has 0 aliphatic rings. The maximum Gasteiger partial charge on any atom is 0.194 e. The van der Waals surface area contributed by atoms with Crippen LogP contribution in [0.2, 0.25) is 5.02 Å². The Morgan fingerprint density at radius 1 is 0.950 bits per heavy atom. The molecule has 0 fully saturated rings. The van der Waals surface area contributed by atoms with Crippen LogP contribution < -0.4 is 5.73 Å². The summed E-state index contributed by atoms with van der Waals surface area (Å²) in [4.78, 5) is 0. The molecular weight excluding hydrogens is 294 g/mol. The maximum absolute atomic E-state index is 13.3. The van der Waals surface area contributed by atoms with Crippen LogP contribution in [0.3, 0.4) is 0 Å². The van der Waals surface area contributed by atoms with E-state index < -0.39 is 29.3 Å². The van der Waals surface area contributed by atoms with E-state index in [1.807, 2.05) is 0 Å². The van der Waals surface area contributed by atoms with Crippen LogP contribution in [0.25, 0.3) is 0 Å². The zero-order valence-electron chi connectivity index (χ0n) is 10.4. The number of benzene rings is 2. The Bertz CT molecular complexity index is 649. The molecule has 20 heavy (non-hydrogen) atoms. The first-order valence-electron chi connectivity index (χ1n) is 5.66. The van der Waals surface area contributed by atoms with Gasteiger partial charge in [-0.1, -0.05) is 11.6 Å². The molecule has 0 aliphatic heterocycles. The first kappa shape index (κ1) is 14.8. The lowest BCUT2D eigenvalue weighted by Crippen LogP contribution is -2.14. The largest absolute Gasteiger partial charge is 0.320 e. The van der Waals surface area contributed by atoms with Gasteiger partial charge >= 0.3 is 0 Å². The molecule has 0 amide bonds. The summed E-state index contributed by atoms with van der Waals surface area (Å²) in [5.41, 5.74) is 6.47. The van der Waals surface area contributed by atoms with E-state index in [-0.39, 0.29) is 10.6 Å². The van der Waals surface area contributed by atoms with Crippen LogP contribution in [0, 0.1) is 30.2 Å². The van der Waals surface area contributed by atoms with Crippen molar-refractivity contribution in [3.05, 3.63) is 69.2 Å². The summed E-state index contributed by atoms with van der Waals surface area (Å²) in [7, 11) is 0. The van der Waals surface area contributed by atoms with E-state index >= 15 is 0 Å². The second-order valence-electron chi connectivity index (χ2n) is 4.40. The Hall–Kier alpha value is -1.59. The summed E-state index contributed by atoms with van der Waals surface area (Å²) in [6, 6.07) is 3.05. The minimum absolute atomic E-state index is 0.00862. The summed E-state index contributed by atoms with van der Waals surface area (Å²) in [6.07, 6.45) is 0. The number of halogens is 5. The average molecular weight is 304 g/mol. The third-order valence-electron chi connectivity index (χ3n) is 2.98. The quantitative estimate of drug-likeness (QED) is 0.651. The topological polar surface area (TPSA) is 26.0 Å². The molecule has 2 rings (SSSR count). The molecule has 0 radical (unpaired) electrons. The molecule has 0 spiro atoms. The van der Waals surface area contributed by atoms with Crippen molar-refractivity contribution >= 4 is 11.6 Å². The molecule has 2 N–H and O–H groups in total. The lowest BCUT2D eigenvalue weighted by Gasteiger charge is -2.16. The Kier molecular flexibility index (Phi) is 4.01. The van der Waals surface area contributed by atoms with Gasteiger partial charge < -0.3 is 5.73 Å². The Morgan fingerprint density at radius 3 is 2.05 bits per heavy atom. The molecule has 0 saturated carbocycles. The number of nitrogens with two attached hydrogens (primary N) is 1. The van der Waals surface area contributed by atoms with Gasteiger partial charge in [0.05, 0.1) is 6.04 Å². The van der Waals surface area contributed by atoms with Gasteiger partial charge in [-0.2, -0.15) is 0 Å². The van der Waals surface area contributed by atoms with Crippen molar-refractivity contribution in [2.45, 2.75) is 13.0 Å². The van der Waals surface area contributed by atoms with Crippen molar-refractivity contribution in [1.82, 2.24) is 0 Å². The van der Waals surface area contributed by atoms with Gasteiger partial charge in [0.15, 0.2) is 17.5 Å². The third kappa shape index (κ3) is 2.64. The number of aryl methyl sites for hydroxylation is 1. The van der Waals surface area contributed by atoms with Gasteiger partial charge in [0, 0.05) is 5.02 Å². The normalized spacial score (nSPS) is 12.6. The maximum atomic E-state index is 13.3. The molecule has 0 saturated heterocycles. The molecule has 0 heterocycles. The van der Waals surface area contributed by atoms with Gasteiger partial charge in [0.1, 0.15) is 5.82 Å². The van der Waals surface area contributed by atoms with Gasteiger partial charge in [-0.3, -0.25) is 0 Å². The molecule has 0 bridgehead atoms. The van der Waals surface area contributed by atoms with Crippen LogP contribution in [0.5, 0.6) is 0 Å². The Labute approximate surface area is 118 Å². The van der Waals surface area contributed by atoms with Crippen LogP contribution in [-0.4, -0.2) is 0 Å². The highest BCUT2D eigenvalue weighted by atomic mass is 35.5. The lowest BCUT2D eigenvalue weighted by molar-refractivity contribution is 0.444. The van der Waals surface area contributed by atoms with Gasteiger partial charge in [0.25, 0.3) is 0 Å². The van der Waals surface area contributed by atoms with Gasteiger partial charge in [-0.25, -0.2) is 17.6 Å². The molecule has 0 aliphatic carbocycles. The van der Waals surface area contributed by atoms with Crippen molar-refractivity contribution in [1.29, 1.82) is 0 Å². The van der Waals surface area contributed by atoms with E-state index in [9.17, 15) is 17.6 Å². The fourth-order valence-corrected chi connectivity index (χ4v) is 2.12. The van der Waals surface area contributed by atoms with E-state index in [0.29, 0.717) is 11.1 Å². The van der Waals surface area contributed by atoms with Crippen LogP contribution in [-0.2, 0) is 0 Å². The predicted octanol–water partition coefficient (Wildman–Crippen LogP) is 4.25. The second kappa shape index (κ2) is 5.42. The van der Waals surface area contributed by atoms with Crippen molar-refractivity contribution in [3.8, 4) is 0 Å². The third-order valence-corrected chi connectivity index (χ3v) is 3.31. The van der Waals surface area contributed by atoms with Crippen LogP contribution in [0.15, 0.2) is 24.3 Å². The van der Waals surface area contributed by atoms with E-state index in [1.54, 1.807) is 0 Å². The van der Waals surface area contributed by atoms with Crippen molar-refractivity contribution in [2.75, 3.05) is 0 Å². The molecule has 1 nitrogen and oxygen atoms in total. The Morgan fingerprint density at radius 2 is 1.50 bits per heavy atom. The van der Waals surface area contributed by atoms with E-state index in [4.69, 9.17) is 17.3 Å². The van der Waals surface area contributed by atoms with E-state index in [0.717, 1.165) is 18.2 Å².